The van der Waals surface area contributed by atoms with Crippen LogP contribution in [0.15, 0.2) is 77.9 Å². The van der Waals surface area contributed by atoms with E-state index in [1.54, 1.807) is 35.1 Å². The summed E-state index contributed by atoms with van der Waals surface area (Å²) in [5.41, 5.74) is 1.54. The smallest absolute Gasteiger partial charge is 0.297 e. The molecule has 2 aromatic heterocycles. The Morgan fingerprint density at radius 2 is 1.91 bits per heavy atom. The highest BCUT2D eigenvalue weighted by Gasteiger charge is 2.64. The van der Waals surface area contributed by atoms with Gasteiger partial charge in [-0.25, -0.2) is 0 Å². The van der Waals surface area contributed by atoms with Crippen LogP contribution < -0.4 is 15.6 Å². The summed E-state index contributed by atoms with van der Waals surface area (Å²) in [6.07, 6.45) is 3.54. The average molecular weight is 616 g/mol. The number of anilines is 1. The lowest BCUT2D eigenvalue weighted by molar-refractivity contribution is -0.143. The molecule has 3 N–H and O–H groups in total. The van der Waals surface area contributed by atoms with Crippen molar-refractivity contribution in [2.45, 2.75) is 56.1 Å². The summed E-state index contributed by atoms with van der Waals surface area (Å²) < 4.78 is 15.2. The molecule has 0 saturated carbocycles. The second kappa shape index (κ2) is 11.4. The number of fused-ring (bicyclic) bond motifs is 2. The van der Waals surface area contributed by atoms with Gasteiger partial charge in [0.05, 0.1) is 31.4 Å². The van der Waals surface area contributed by atoms with Gasteiger partial charge in [-0.05, 0) is 55.4 Å². The fraction of sp³-hybridized carbons (Fsp3) is 0.375. The van der Waals surface area contributed by atoms with Crippen molar-refractivity contribution in [1.29, 1.82) is 0 Å². The van der Waals surface area contributed by atoms with Gasteiger partial charge in [-0.15, -0.1) is 5.10 Å². The number of aryl methyl sites for hydroxylation is 1. The molecular formula is C32H37N5O6Si. The molecule has 4 aromatic rings. The minimum absolute atomic E-state index is 0.0980. The summed E-state index contributed by atoms with van der Waals surface area (Å²) in [6.45, 7) is 6.07. The number of rotatable bonds is 9. The van der Waals surface area contributed by atoms with E-state index in [4.69, 9.17) is 9.47 Å². The molecule has 1 saturated heterocycles. The minimum Gasteiger partial charge on any atom is -0.491 e. The molecule has 6 rings (SSSR count). The van der Waals surface area contributed by atoms with Crippen LogP contribution in [0.25, 0.3) is 5.69 Å². The largest absolute Gasteiger partial charge is 0.491 e. The molecule has 230 valence electrons. The molecule has 1 unspecified atom stereocenters. The maximum atomic E-state index is 13.8. The van der Waals surface area contributed by atoms with Crippen molar-refractivity contribution in [2.24, 2.45) is 5.92 Å². The summed E-state index contributed by atoms with van der Waals surface area (Å²) >= 11 is 0. The van der Waals surface area contributed by atoms with E-state index in [1.807, 2.05) is 62.6 Å². The summed E-state index contributed by atoms with van der Waals surface area (Å²) in [7, 11) is -1.40. The third kappa shape index (κ3) is 4.97. The van der Waals surface area contributed by atoms with Crippen molar-refractivity contribution in [3.05, 3.63) is 100 Å². The maximum absolute atomic E-state index is 13.8. The van der Waals surface area contributed by atoms with Gasteiger partial charge in [-0.3, -0.25) is 18.8 Å². The maximum Gasteiger partial charge on any atom is 0.297 e. The number of pyridine rings is 1. The fourth-order valence-electron chi connectivity index (χ4n) is 7.03. The van der Waals surface area contributed by atoms with Crippen LogP contribution in [0.5, 0.6) is 5.75 Å². The number of ether oxygens (including phenoxy) is 2. The first-order valence-corrected chi connectivity index (χ1v) is 17.8. The molecule has 1 spiro atoms. The molecule has 11 nitrogen and oxygen atoms in total. The van der Waals surface area contributed by atoms with E-state index in [0.717, 1.165) is 5.56 Å². The number of aliphatic hydroxyl groups is 1. The van der Waals surface area contributed by atoms with E-state index in [0.29, 0.717) is 35.6 Å². The van der Waals surface area contributed by atoms with Gasteiger partial charge in [-0.2, -0.15) is 0 Å². The van der Waals surface area contributed by atoms with Crippen LogP contribution in [-0.4, -0.2) is 63.5 Å². The molecule has 44 heavy (non-hydrogen) atoms. The zero-order chi connectivity index (χ0) is 31.2. The van der Waals surface area contributed by atoms with Gasteiger partial charge in [0.15, 0.2) is 19.7 Å². The minimum atomic E-state index is -2.85. The van der Waals surface area contributed by atoms with Gasteiger partial charge in [0.25, 0.3) is 11.5 Å². The van der Waals surface area contributed by atoms with Gasteiger partial charge in [0, 0.05) is 47.3 Å². The summed E-state index contributed by atoms with van der Waals surface area (Å²) in [5.74, 6) is -0.711. The molecular weight excluding hydrogens is 578 g/mol. The van der Waals surface area contributed by atoms with Gasteiger partial charge >= 0.3 is 0 Å². The Morgan fingerprint density at radius 3 is 2.61 bits per heavy atom. The van der Waals surface area contributed by atoms with Crippen LogP contribution in [0, 0.1) is 5.92 Å². The Balaban J connectivity index is 1.31. The first-order valence-electron chi connectivity index (χ1n) is 14.8. The third-order valence-corrected chi connectivity index (χ3v) is 11.6. The quantitative estimate of drug-likeness (QED) is 0.244. The number of hydrogen-bond acceptors (Lipinski definition) is 8. The summed E-state index contributed by atoms with van der Waals surface area (Å²) in [4.78, 5) is 38.3. The van der Waals surface area contributed by atoms with Crippen molar-refractivity contribution in [2.75, 3.05) is 19.0 Å². The van der Waals surface area contributed by atoms with Gasteiger partial charge < -0.3 is 24.7 Å². The van der Waals surface area contributed by atoms with Crippen molar-refractivity contribution in [1.82, 2.24) is 19.6 Å². The Morgan fingerprint density at radius 1 is 1.14 bits per heavy atom. The topological polar surface area (TPSA) is 141 Å². The van der Waals surface area contributed by atoms with Crippen LogP contribution in [0.1, 0.15) is 36.1 Å². The lowest BCUT2D eigenvalue weighted by Gasteiger charge is -2.32. The molecule has 2 aliphatic heterocycles. The first-order chi connectivity index (χ1) is 21.1. The van der Waals surface area contributed by atoms with E-state index >= 15 is 0 Å². The van der Waals surface area contributed by atoms with E-state index in [9.17, 15) is 19.5 Å². The lowest BCUT2D eigenvalue weighted by atomic mass is 9.82. The molecule has 1 amide bonds. The van der Waals surface area contributed by atoms with Gasteiger partial charge in [0.2, 0.25) is 0 Å². The van der Waals surface area contributed by atoms with Crippen LogP contribution in [-0.2, 0) is 21.7 Å². The number of hydrogen-bond donors (Lipinski definition) is 3. The molecule has 1 fully saturated rings. The molecule has 12 heteroatoms. The summed E-state index contributed by atoms with van der Waals surface area (Å²) in [5, 5.41) is 21.7. The van der Waals surface area contributed by atoms with Crippen LogP contribution >= 0.6 is 0 Å². The number of methoxy groups -OCH3 is 1. The molecule has 2 aliphatic rings. The highest BCUT2D eigenvalue weighted by molar-refractivity contribution is 6.71. The predicted molar refractivity (Wildman–Crippen MR) is 166 cm³/mol. The zero-order valence-corrected chi connectivity index (χ0v) is 26.2. The first kappa shape index (κ1) is 29.9. The molecule has 4 heterocycles. The highest BCUT2D eigenvalue weighted by atomic mass is 28.4. The molecule has 0 radical (unpaired) electrons. The second-order valence-corrected chi connectivity index (χ2v) is 16.1. The Labute approximate surface area is 256 Å². The van der Waals surface area contributed by atoms with Crippen LogP contribution in [0.4, 0.5) is 5.69 Å². The Kier molecular flexibility index (Phi) is 7.78. The van der Waals surface area contributed by atoms with Crippen LogP contribution in [0.3, 0.4) is 0 Å². The molecule has 0 bridgehead atoms. The van der Waals surface area contributed by atoms with Crippen molar-refractivity contribution >= 4 is 19.9 Å². The molecule has 0 aliphatic carbocycles. The van der Waals surface area contributed by atoms with Crippen molar-refractivity contribution in [3.63, 3.8) is 0 Å². The number of nitrogens with zero attached hydrogens (tertiary/aromatic N) is 4. The number of aromatic nitrogens is 4. The summed E-state index contributed by atoms with van der Waals surface area (Å²) in [6, 6.07) is 18.4. The predicted octanol–water partition coefficient (Wildman–Crippen LogP) is 3.40. The standard InChI is InChI=1S/C32H37N5O6Si/c1-20-29(44(3,4)41)27(14-16-36-18-26(34-35-36)23(19-38)21-9-6-5-7-10-21)43-32(20)24-17-22(12-13-25(24)33-31(32)40)37-15-8-11-28(42-2)30(37)39/h5-13,15,17-18,20,23,27,29,38,41H,14,16,19H2,1-4H3,(H,33,40)/t20-,23?,27+,29-,32+/m0/s1. The van der Waals surface area contributed by atoms with Gasteiger partial charge in [0.1, 0.15) is 0 Å². The van der Waals surface area contributed by atoms with E-state index in [1.165, 1.54) is 11.7 Å². The van der Waals surface area contributed by atoms with Crippen LogP contribution in [0.2, 0.25) is 18.6 Å². The lowest BCUT2D eigenvalue weighted by Crippen LogP contribution is -2.43. The third-order valence-electron chi connectivity index (χ3n) is 9.07. The van der Waals surface area contributed by atoms with Crippen molar-refractivity contribution in [3.8, 4) is 11.4 Å². The van der Waals surface area contributed by atoms with E-state index < -0.39 is 20.0 Å². The number of nitrogens with one attached hydrogen (secondary N) is 1. The van der Waals surface area contributed by atoms with Crippen molar-refractivity contribution < 1.29 is 24.2 Å². The number of amides is 1. The monoisotopic (exact) mass is 615 g/mol. The zero-order valence-electron chi connectivity index (χ0n) is 25.2. The molecule has 2 aromatic carbocycles. The second-order valence-electron chi connectivity index (χ2n) is 12.1. The SMILES string of the molecule is COc1cccn(-c2ccc3c(c2)[C@@]2(O[C@H](CCn4cc(C(CO)c5ccccc5)nn4)[C@@H]([Si](C)(C)O)[C@@H]2C)C(=O)N3)c1=O. The fourth-order valence-corrected chi connectivity index (χ4v) is 9.64. The van der Waals surface area contributed by atoms with E-state index in [-0.39, 0.29) is 41.2 Å². The number of benzene rings is 2. The average Bonchev–Trinajstić information content (AvgIpc) is 3.67. The number of aliphatic hydroxyl groups excluding tert-OH is 1. The Bertz CT molecular complexity index is 1730. The van der Waals surface area contributed by atoms with E-state index in [2.05, 4.69) is 15.6 Å². The normalized spacial score (nSPS) is 23.5. The highest BCUT2D eigenvalue weighted by Crippen LogP contribution is 2.58. The van der Waals surface area contributed by atoms with Gasteiger partial charge in [-0.1, -0.05) is 42.5 Å². The molecule has 5 atom stereocenters. The number of carbonyl (C=O) groups is 1. The Hall–Kier alpha value is -4.10. The number of carbonyl (C=O) groups excluding carboxylic acids is 1.